The van der Waals surface area contributed by atoms with Crippen molar-refractivity contribution in [3.63, 3.8) is 0 Å². The molecule has 4 heteroatoms. The molecule has 0 aliphatic rings. The summed E-state index contributed by atoms with van der Waals surface area (Å²) in [6.45, 7) is 4.00. The molecule has 2 aromatic rings. The summed E-state index contributed by atoms with van der Waals surface area (Å²) in [5.41, 5.74) is 0.841. The third-order valence-corrected chi connectivity index (χ3v) is 2.80. The summed E-state index contributed by atoms with van der Waals surface area (Å²) >= 11 is 3.45. The molecule has 1 aromatic carbocycles. The summed E-state index contributed by atoms with van der Waals surface area (Å²) in [5.74, 6) is 1.31. The molecule has 17 heavy (non-hydrogen) atoms. The van der Waals surface area contributed by atoms with Gasteiger partial charge in [0.1, 0.15) is 5.75 Å². The molecular weight excluding hydrogens is 282 g/mol. The molecule has 0 atom stereocenters. The lowest BCUT2D eigenvalue weighted by Crippen LogP contribution is -1.92. The first-order valence-corrected chi connectivity index (χ1v) is 6.23. The number of hydrogen-bond donors (Lipinski definition) is 0. The topological polar surface area (TPSA) is 31.4 Å². The number of pyridine rings is 1. The van der Waals surface area contributed by atoms with E-state index >= 15 is 0 Å². The van der Waals surface area contributed by atoms with Crippen molar-refractivity contribution in [2.75, 3.05) is 14.2 Å². The molecule has 0 unspecified atom stereocenters. The second kappa shape index (κ2) is 6.45. The summed E-state index contributed by atoms with van der Waals surface area (Å²) in [6.07, 6.45) is 0. The van der Waals surface area contributed by atoms with Crippen molar-refractivity contribution < 1.29 is 9.47 Å². The van der Waals surface area contributed by atoms with Crippen molar-refractivity contribution in [3.05, 3.63) is 28.7 Å². The number of rotatable bonds is 2. The summed E-state index contributed by atoms with van der Waals surface area (Å²) < 4.78 is 11.3. The Balaban J connectivity index is 0.000000686. The van der Waals surface area contributed by atoms with Crippen molar-refractivity contribution in [2.24, 2.45) is 0 Å². The maximum Gasteiger partial charge on any atom is 0.217 e. The third kappa shape index (κ3) is 2.88. The highest BCUT2D eigenvalue weighted by atomic mass is 79.9. The standard InChI is InChI=1S/C11H10BrNO2.C2H6/c1-14-9-6-10(15-2)13-11-7(9)4-3-5-8(11)12;1-2/h3-6H,1-2H3;1-2H3. The second-order valence-corrected chi connectivity index (χ2v) is 3.86. The van der Waals surface area contributed by atoms with Crippen LogP contribution >= 0.6 is 15.9 Å². The molecule has 0 aliphatic heterocycles. The van der Waals surface area contributed by atoms with Crippen molar-refractivity contribution in [1.29, 1.82) is 0 Å². The van der Waals surface area contributed by atoms with Gasteiger partial charge in [0.05, 0.1) is 19.7 Å². The van der Waals surface area contributed by atoms with Crippen LogP contribution < -0.4 is 9.47 Å². The molecule has 0 N–H and O–H groups in total. The number of hydrogen-bond acceptors (Lipinski definition) is 3. The smallest absolute Gasteiger partial charge is 0.217 e. The average molecular weight is 298 g/mol. The van der Waals surface area contributed by atoms with Crippen molar-refractivity contribution in [2.45, 2.75) is 13.8 Å². The van der Waals surface area contributed by atoms with E-state index in [0.29, 0.717) is 5.88 Å². The van der Waals surface area contributed by atoms with Gasteiger partial charge in [-0.2, -0.15) is 0 Å². The van der Waals surface area contributed by atoms with Gasteiger partial charge in [-0.25, -0.2) is 4.98 Å². The maximum atomic E-state index is 5.28. The number of ether oxygens (including phenoxy) is 2. The van der Waals surface area contributed by atoms with E-state index in [1.54, 1.807) is 20.3 Å². The minimum Gasteiger partial charge on any atom is -0.496 e. The minimum absolute atomic E-state index is 0.547. The lowest BCUT2D eigenvalue weighted by Gasteiger charge is -2.08. The SMILES string of the molecule is CC.COc1cc(OC)c2cccc(Br)c2n1. The lowest BCUT2D eigenvalue weighted by molar-refractivity contribution is 0.386. The zero-order chi connectivity index (χ0) is 12.8. The predicted molar refractivity (Wildman–Crippen MR) is 73.9 cm³/mol. The fourth-order valence-electron chi connectivity index (χ4n) is 1.43. The van der Waals surface area contributed by atoms with Crippen LogP contribution in [-0.4, -0.2) is 19.2 Å². The van der Waals surface area contributed by atoms with Crippen LogP contribution in [0, 0.1) is 0 Å². The molecule has 0 amide bonds. The van der Waals surface area contributed by atoms with Crippen molar-refractivity contribution in [1.82, 2.24) is 4.98 Å². The quantitative estimate of drug-likeness (QED) is 0.838. The molecule has 2 rings (SSSR count). The third-order valence-electron chi connectivity index (χ3n) is 2.16. The first-order valence-electron chi connectivity index (χ1n) is 5.43. The van der Waals surface area contributed by atoms with E-state index in [2.05, 4.69) is 20.9 Å². The summed E-state index contributed by atoms with van der Waals surface area (Å²) in [5, 5.41) is 0.965. The Morgan fingerprint density at radius 2 is 1.82 bits per heavy atom. The number of nitrogens with zero attached hydrogens (tertiary/aromatic N) is 1. The molecule has 0 saturated carbocycles. The fraction of sp³-hybridized carbons (Fsp3) is 0.308. The lowest BCUT2D eigenvalue weighted by atomic mass is 10.2. The first-order chi connectivity index (χ1) is 8.26. The van der Waals surface area contributed by atoms with E-state index in [0.717, 1.165) is 21.1 Å². The van der Waals surface area contributed by atoms with E-state index < -0.39 is 0 Å². The van der Waals surface area contributed by atoms with E-state index in [9.17, 15) is 0 Å². The number of benzene rings is 1. The highest BCUT2D eigenvalue weighted by molar-refractivity contribution is 9.10. The summed E-state index contributed by atoms with van der Waals surface area (Å²) in [4.78, 5) is 4.35. The summed E-state index contributed by atoms with van der Waals surface area (Å²) in [7, 11) is 3.22. The van der Waals surface area contributed by atoms with Gasteiger partial charge >= 0.3 is 0 Å². The Morgan fingerprint density at radius 3 is 2.41 bits per heavy atom. The van der Waals surface area contributed by atoms with Gasteiger partial charge < -0.3 is 9.47 Å². The highest BCUT2D eigenvalue weighted by Crippen LogP contribution is 2.32. The number of halogens is 1. The average Bonchev–Trinajstić information content (AvgIpc) is 2.40. The van der Waals surface area contributed by atoms with E-state index in [4.69, 9.17) is 9.47 Å². The minimum atomic E-state index is 0.547. The monoisotopic (exact) mass is 297 g/mol. The number of para-hydroxylation sites is 1. The molecule has 3 nitrogen and oxygen atoms in total. The van der Waals surface area contributed by atoms with E-state index in [1.807, 2.05) is 32.0 Å². The van der Waals surface area contributed by atoms with Gasteiger partial charge in [0, 0.05) is 15.9 Å². The largest absolute Gasteiger partial charge is 0.496 e. The van der Waals surface area contributed by atoms with Crippen LogP contribution in [0.4, 0.5) is 0 Å². The first kappa shape index (κ1) is 13.8. The van der Waals surface area contributed by atoms with Gasteiger partial charge in [0.15, 0.2) is 0 Å². The van der Waals surface area contributed by atoms with Gasteiger partial charge in [-0.05, 0) is 28.1 Å². The van der Waals surface area contributed by atoms with Crippen LogP contribution in [0.2, 0.25) is 0 Å². The van der Waals surface area contributed by atoms with Crippen LogP contribution in [0.25, 0.3) is 10.9 Å². The molecule has 0 radical (unpaired) electrons. The van der Waals surface area contributed by atoms with Crippen LogP contribution in [0.5, 0.6) is 11.6 Å². The fourth-order valence-corrected chi connectivity index (χ4v) is 1.89. The van der Waals surface area contributed by atoms with Crippen molar-refractivity contribution in [3.8, 4) is 11.6 Å². The Morgan fingerprint density at radius 1 is 1.12 bits per heavy atom. The zero-order valence-electron chi connectivity index (χ0n) is 10.5. The van der Waals surface area contributed by atoms with Crippen molar-refractivity contribution >= 4 is 26.8 Å². The zero-order valence-corrected chi connectivity index (χ0v) is 12.0. The van der Waals surface area contributed by atoms with Crippen LogP contribution in [0.1, 0.15) is 13.8 Å². The number of fused-ring (bicyclic) bond motifs is 1. The van der Waals surface area contributed by atoms with Crippen LogP contribution in [-0.2, 0) is 0 Å². The molecule has 92 valence electrons. The molecule has 0 fully saturated rings. The predicted octanol–water partition coefficient (Wildman–Crippen LogP) is 4.04. The Kier molecular flexibility index (Phi) is 5.22. The van der Waals surface area contributed by atoms with E-state index in [-0.39, 0.29) is 0 Å². The summed E-state index contributed by atoms with van der Waals surface area (Å²) in [6, 6.07) is 7.62. The van der Waals surface area contributed by atoms with Gasteiger partial charge in [-0.1, -0.05) is 19.9 Å². The number of aromatic nitrogens is 1. The molecule has 1 aromatic heterocycles. The van der Waals surface area contributed by atoms with Gasteiger partial charge in [0.2, 0.25) is 5.88 Å². The molecule has 0 spiro atoms. The number of methoxy groups -OCH3 is 2. The molecule has 0 aliphatic carbocycles. The highest BCUT2D eigenvalue weighted by Gasteiger charge is 2.08. The molecular formula is C13H16BrNO2. The molecule has 0 bridgehead atoms. The van der Waals surface area contributed by atoms with Crippen LogP contribution in [0.15, 0.2) is 28.7 Å². The second-order valence-electron chi connectivity index (χ2n) is 3.00. The van der Waals surface area contributed by atoms with Crippen LogP contribution in [0.3, 0.4) is 0 Å². The Labute approximate surface area is 110 Å². The van der Waals surface area contributed by atoms with Gasteiger partial charge in [-0.3, -0.25) is 0 Å². The Bertz CT molecular complexity index is 500. The molecule has 0 saturated heterocycles. The van der Waals surface area contributed by atoms with E-state index in [1.165, 1.54) is 0 Å². The maximum absolute atomic E-state index is 5.28. The van der Waals surface area contributed by atoms with Gasteiger partial charge in [0.25, 0.3) is 0 Å². The molecule has 1 heterocycles. The normalized spacial score (nSPS) is 9.47. The van der Waals surface area contributed by atoms with Gasteiger partial charge in [-0.15, -0.1) is 0 Å². The Hall–Kier alpha value is -1.29.